The molecule has 76 valence electrons. The number of carbonyl (C=O) groups is 1. The van der Waals surface area contributed by atoms with Gasteiger partial charge >= 0.3 is 0 Å². The Morgan fingerprint density at radius 3 is 3.00 bits per heavy atom. The summed E-state index contributed by atoms with van der Waals surface area (Å²) in [5.74, 6) is 0.102. The summed E-state index contributed by atoms with van der Waals surface area (Å²) in [7, 11) is 0. The number of rotatable bonds is 4. The molecule has 13 heavy (non-hydrogen) atoms. The lowest BCUT2D eigenvalue weighted by molar-refractivity contribution is -0.129. The van der Waals surface area contributed by atoms with Gasteiger partial charge in [-0.25, -0.2) is 0 Å². The summed E-state index contributed by atoms with van der Waals surface area (Å²) in [5.41, 5.74) is 0. The Bertz CT molecular complexity index is 173. The first-order valence-electron chi connectivity index (χ1n) is 4.90. The van der Waals surface area contributed by atoms with E-state index in [0.29, 0.717) is 19.6 Å². The zero-order chi connectivity index (χ0) is 9.68. The fourth-order valence-corrected chi connectivity index (χ4v) is 1.45. The molecule has 2 N–H and O–H groups in total. The molecule has 0 unspecified atom stereocenters. The lowest BCUT2D eigenvalue weighted by Gasteiger charge is -2.15. The summed E-state index contributed by atoms with van der Waals surface area (Å²) in [5, 5.41) is 12.3. The Morgan fingerprint density at radius 2 is 2.46 bits per heavy atom. The van der Waals surface area contributed by atoms with Crippen molar-refractivity contribution in [2.45, 2.75) is 25.9 Å². The maximum Gasteiger partial charge on any atom is 0.236 e. The van der Waals surface area contributed by atoms with Gasteiger partial charge in [-0.05, 0) is 19.4 Å². The third kappa shape index (κ3) is 3.32. The van der Waals surface area contributed by atoms with Crippen molar-refractivity contribution in [2.24, 2.45) is 0 Å². The van der Waals surface area contributed by atoms with Crippen LogP contribution in [-0.4, -0.2) is 48.2 Å². The van der Waals surface area contributed by atoms with Crippen molar-refractivity contribution >= 4 is 5.91 Å². The highest BCUT2D eigenvalue weighted by atomic mass is 16.3. The molecule has 1 saturated heterocycles. The van der Waals surface area contributed by atoms with Crippen LogP contribution < -0.4 is 5.32 Å². The van der Waals surface area contributed by atoms with Crippen molar-refractivity contribution in [3.05, 3.63) is 0 Å². The first-order chi connectivity index (χ1) is 6.24. The molecular formula is C9H18N2O2. The molecule has 1 fully saturated rings. The predicted octanol–water partition coefficient (Wildman–Crippen LogP) is -0.421. The van der Waals surface area contributed by atoms with Crippen molar-refractivity contribution in [1.29, 1.82) is 0 Å². The molecule has 0 spiro atoms. The van der Waals surface area contributed by atoms with Crippen molar-refractivity contribution in [2.75, 3.05) is 26.2 Å². The molecule has 0 aromatic heterocycles. The van der Waals surface area contributed by atoms with Gasteiger partial charge in [0.05, 0.1) is 12.6 Å². The van der Waals surface area contributed by atoms with Gasteiger partial charge in [-0.3, -0.25) is 4.79 Å². The molecule has 1 atom stereocenters. The average molecular weight is 186 g/mol. The SMILES string of the molecule is CCCNCC(=O)N1CC[C@@H](O)C1. The van der Waals surface area contributed by atoms with Gasteiger partial charge in [0.25, 0.3) is 0 Å². The summed E-state index contributed by atoms with van der Waals surface area (Å²) >= 11 is 0. The van der Waals surface area contributed by atoms with Gasteiger partial charge in [0.1, 0.15) is 0 Å². The molecule has 0 radical (unpaired) electrons. The molecule has 0 aromatic rings. The molecule has 1 heterocycles. The number of β-amino-alcohol motifs (C(OH)–C–C–N with tert-alkyl or cyclic N) is 1. The van der Waals surface area contributed by atoms with Crippen LogP contribution in [0.4, 0.5) is 0 Å². The second-order valence-electron chi connectivity index (χ2n) is 3.46. The molecule has 4 heteroatoms. The van der Waals surface area contributed by atoms with E-state index in [-0.39, 0.29) is 12.0 Å². The number of amides is 1. The Hall–Kier alpha value is -0.610. The minimum absolute atomic E-state index is 0.102. The van der Waals surface area contributed by atoms with E-state index in [0.717, 1.165) is 19.4 Å². The second kappa shape index (κ2) is 5.19. The first kappa shape index (κ1) is 10.5. The average Bonchev–Trinajstić information content (AvgIpc) is 2.52. The van der Waals surface area contributed by atoms with Crippen LogP contribution in [-0.2, 0) is 4.79 Å². The topological polar surface area (TPSA) is 52.6 Å². The van der Waals surface area contributed by atoms with Gasteiger partial charge in [0, 0.05) is 13.1 Å². The molecule has 1 aliphatic rings. The Labute approximate surface area is 78.9 Å². The third-order valence-electron chi connectivity index (χ3n) is 2.22. The fourth-order valence-electron chi connectivity index (χ4n) is 1.45. The zero-order valence-corrected chi connectivity index (χ0v) is 8.12. The quantitative estimate of drug-likeness (QED) is 0.586. The summed E-state index contributed by atoms with van der Waals surface area (Å²) in [6.45, 7) is 4.56. The Kier molecular flexibility index (Phi) is 4.18. The number of nitrogens with one attached hydrogen (secondary N) is 1. The molecule has 0 bridgehead atoms. The van der Waals surface area contributed by atoms with Gasteiger partial charge in [0.2, 0.25) is 5.91 Å². The fraction of sp³-hybridized carbons (Fsp3) is 0.889. The van der Waals surface area contributed by atoms with E-state index in [1.165, 1.54) is 0 Å². The smallest absolute Gasteiger partial charge is 0.236 e. The minimum atomic E-state index is -0.310. The number of hydrogen-bond acceptors (Lipinski definition) is 3. The number of nitrogens with zero attached hydrogens (tertiary/aromatic N) is 1. The van der Waals surface area contributed by atoms with Crippen LogP contribution in [0.1, 0.15) is 19.8 Å². The van der Waals surface area contributed by atoms with Crippen molar-refractivity contribution in [3.63, 3.8) is 0 Å². The Balaban J connectivity index is 2.16. The van der Waals surface area contributed by atoms with E-state index in [4.69, 9.17) is 0 Å². The van der Waals surface area contributed by atoms with E-state index >= 15 is 0 Å². The van der Waals surface area contributed by atoms with Crippen LogP contribution in [0, 0.1) is 0 Å². The molecule has 0 aliphatic carbocycles. The number of hydrogen-bond donors (Lipinski definition) is 2. The lowest BCUT2D eigenvalue weighted by Crippen LogP contribution is -2.37. The number of carbonyl (C=O) groups excluding carboxylic acids is 1. The molecule has 0 aromatic carbocycles. The van der Waals surface area contributed by atoms with Crippen molar-refractivity contribution in [1.82, 2.24) is 10.2 Å². The van der Waals surface area contributed by atoms with Crippen LogP contribution in [0.25, 0.3) is 0 Å². The molecule has 4 nitrogen and oxygen atoms in total. The molecule has 1 rings (SSSR count). The minimum Gasteiger partial charge on any atom is -0.391 e. The van der Waals surface area contributed by atoms with Crippen molar-refractivity contribution < 1.29 is 9.90 Å². The number of likely N-dealkylation sites (tertiary alicyclic amines) is 1. The monoisotopic (exact) mass is 186 g/mol. The molecular weight excluding hydrogens is 168 g/mol. The second-order valence-corrected chi connectivity index (χ2v) is 3.46. The maximum atomic E-state index is 11.4. The molecule has 1 aliphatic heterocycles. The van der Waals surface area contributed by atoms with E-state index in [9.17, 15) is 9.90 Å². The van der Waals surface area contributed by atoms with E-state index in [1.807, 2.05) is 0 Å². The number of aliphatic hydroxyl groups excluding tert-OH is 1. The highest BCUT2D eigenvalue weighted by Crippen LogP contribution is 2.07. The summed E-state index contributed by atoms with van der Waals surface area (Å²) in [6, 6.07) is 0. The first-order valence-corrected chi connectivity index (χ1v) is 4.90. The third-order valence-corrected chi connectivity index (χ3v) is 2.22. The van der Waals surface area contributed by atoms with Gasteiger partial charge in [0.15, 0.2) is 0 Å². The lowest BCUT2D eigenvalue weighted by atomic mass is 10.3. The van der Waals surface area contributed by atoms with E-state index in [2.05, 4.69) is 12.2 Å². The van der Waals surface area contributed by atoms with E-state index < -0.39 is 0 Å². The van der Waals surface area contributed by atoms with Crippen LogP contribution >= 0.6 is 0 Å². The van der Waals surface area contributed by atoms with Crippen LogP contribution in [0.2, 0.25) is 0 Å². The number of aliphatic hydroxyl groups is 1. The van der Waals surface area contributed by atoms with Gasteiger partial charge in [-0.2, -0.15) is 0 Å². The van der Waals surface area contributed by atoms with Crippen LogP contribution in [0.5, 0.6) is 0 Å². The van der Waals surface area contributed by atoms with Crippen LogP contribution in [0.3, 0.4) is 0 Å². The highest BCUT2D eigenvalue weighted by Gasteiger charge is 2.23. The van der Waals surface area contributed by atoms with Crippen LogP contribution in [0.15, 0.2) is 0 Å². The standard InChI is InChI=1S/C9H18N2O2/c1-2-4-10-6-9(13)11-5-3-8(12)7-11/h8,10,12H,2-7H2,1H3/t8-/m1/s1. The summed E-state index contributed by atoms with van der Waals surface area (Å²) < 4.78 is 0. The molecule has 0 saturated carbocycles. The maximum absolute atomic E-state index is 11.4. The van der Waals surface area contributed by atoms with Gasteiger partial charge < -0.3 is 15.3 Å². The van der Waals surface area contributed by atoms with Crippen molar-refractivity contribution in [3.8, 4) is 0 Å². The predicted molar refractivity (Wildman–Crippen MR) is 50.4 cm³/mol. The summed E-state index contributed by atoms with van der Waals surface area (Å²) in [4.78, 5) is 13.1. The summed E-state index contributed by atoms with van der Waals surface area (Å²) in [6.07, 6.45) is 1.45. The Morgan fingerprint density at radius 1 is 1.69 bits per heavy atom. The largest absolute Gasteiger partial charge is 0.391 e. The zero-order valence-electron chi connectivity index (χ0n) is 8.12. The van der Waals surface area contributed by atoms with Gasteiger partial charge in [-0.15, -0.1) is 0 Å². The normalized spacial score (nSPS) is 22.3. The van der Waals surface area contributed by atoms with E-state index in [1.54, 1.807) is 4.90 Å². The molecule has 1 amide bonds. The van der Waals surface area contributed by atoms with Gasteiger partial charge in [-0.1, -0.05) is 6.92 Å². The highest BCUT2D eigenvalue weighted by molar-refractivity contribution is 5.78.